The first-order valence-corrected chi connectivity index (χ1v) is 15.8. The Morgan fingerprint density at radius 1 is 0.609 bits per heavy atom. The van der Waals surface area contributed by atoms with Crippen molar-refractivity contribution in [2.75, 3.05) is 0 Å². The summed E-state index contributed by atoms with van der Waals surface area (Å²) >= 11 is 0. The number of aromatic nitrogens is 1. The number of rotatable bonds is 5. The lowest BCUT2D eigenvalue weighted by atomic mass is 9.82. The Morgan fingerprint density at radius 3 is 2.07 bits per heavy atom. The van der Waals surface area contributed by atoms with Gasteiger partial charge in [0.2, 0.25) is 0 Å². The summed E-state index contributed by atoms with van der Waals surface area (Å²) in [6.07, 6.45) is 0. The van der Waals surface area contributed by atoms with Crippen molar-refractivity contribution in [2.24, 2.45) is 15.7 Å². The van der Waals surface area contributed by atoms with E-state index in [1.54, 1.807) is 0 Å². The Hall–Kier alpha value is -5.74. The number of hydrogen-bond donors (Lipinski definition) is 1. The predicted octanol–water partition coefficient (Wildman–Crippen LogP) is 9.44. The summed E-state index contributed by atoms with van der Waals surface area (Å²) in [7, 11) is 0. The lowest BCUT2D eigenvalue weighted by Crippen LogP contribution is -2.16. The smallest absolute Gasteiger partial charge is 0.157 e. The molecule has 1 aliphatic carbocycles. The molecule has 1 aliphatic rings. The molecule has 0 amide bonds. The van der Waals surface area contributed by atoms with Gasteiger partial charge in [-0.1, -0.05) is 117 Å². The maximum atomic E-state index is 6.50. The van der Waals surface area contributed by atoms with Crippen LogP contribution in [0.5, 0.6) is 0 Å². The Kier molecular flexibility index (Phi) is 6.65. The lowest BCUT2D eigenvalue weighted by Gasteiger charge is -2.21. The summed E-state index contributed by atoms with van der Waals surface area (Å²) in [5, 5.41) is 2.51. The topological polar surface area (TPSA) is 55.7 Å². The predicted molar refractivity (Wildman–Crippen MR) is 192 cm³/mol. The molecule has 222 valence electrons. The highest BCUT2D eigenvalue weighted by atomic mass is 15.0. The summed E-state index contributed by atoms with van der Waals surface area (Å²) in [6.45, 7) is 5.19. The summed E-state index contributed by atoms with van der Waals surface area (Å²) in [4.78, 5) is 9.78. The number of fused-ring (bicyclic) bond motifs is 6. The molecule has 0 bridgehead atoms. The van der Waals surface area contributed by atoms with Crippen molar-refractivity contribution in [3.63, 3.8) is 0 Å². The van der Waals surface area contributed by atoms with Gasteiger partial charge in [0.1, 0.15) is 5.84 Å². The molecule has 4 heteroatoms. The average Bonchev–Trinajstić information content (AvgIpc) is 3.55. The van der Waals surface area contributed by atoms with Crippen LogP contribution < -0.4 is 5.73 Å². The van der Waals surface area contributed by atoms with Gasteiger partial charge in [-0.15, -0.1) is 0 Å². The molecule has 0 radical (unpaired) electrons. The van der Waals surface area contributed by atoms with Gasteiger partial charge in [-0.05, 0) is 70.3 Å². The molecule has 8 rings (SSSR count). The van der Waals surface area contributed by atoms with E-state index in [4.69, 9.17) is 15.7 Å². The molecule has 1 heterocycles. The molecule has 0 atom stereocenters. The van der Waals surface area contributed by atoms with Gasteiger partial charge in [0.15, 0.2) is 5.84 Å². The van der Waals surface area contributed by atoms with Crippen molar-refractivity contribution >= 4 is 33.5 Å². The minimum Gasteiger partial charge on any atom is -0.383 e. The monoisotopic (exact) mass is 594 g/mol. The lowest BCUT2D eigenvalue weighted by molar-refractivity contribution is 0.661. The molecule has 1 aromatic heterocycles. The normalized spacial score (nSPS) is 14.0. The number of benzene rings is 6. The van der Waals surface area contributed by atoms with Gasteiger partial charge in [0.05, 0.1) is 17.6 Å². The summed E-state index contributed by atoms with van der Waals surface area (Å²) in [6, 6.07) is 51.0. The standard InChI is InChI=1S/C42H34N4/c1-42(2)36-19-11-9-17-32(36)34-25-35-33-18-10-12-20-38(33)46(39(35)26-37(34)42)31-23-21-30(22-24-31)41(44-27-28-13-5-3-6-14-28)45-40(43)29-15-7-4-8-16-29/h3-26H,27H2,1-2H3,(H2,43,44,45). The Bertz CT molecular complexity index is 2290. The highest BCUT2D eigenvalue weighted by molar-refractivity contribution is 6.12. The molecule has 0 saturated carbocycles. The van der Waals surface area contributed by atoms with Crippen LogP contribution in [0, 0.1) is 0 Å². The van der Waals surface area contributed by atoms with Gasteiger partial charge < -0.3 is 10.3 Å². The summed E-state index contributed by atoms with van der Waals surface area (Å²) in [5.74, 6) is 1.05. The van der Waals surface area contributed by atoms with Crippen LogP contribution in [0.15, 0.2) is 156 Å². The molecule has 0 fully saturated rings. The van der Waals surface area contributed by atoms with E-state index in [1.807, 2.05) is 48.5 Å². The summed E-state index contributed by atoms with van der Waals surface area (Å²) < 4.78 is 2.39. The highest BCUT2D eigenvalue weighted by Gasteiger charge is 2.36. The molecular weight excluding hydrogens is 560 g/mol. The van der Waals surface area contributed by atoms with Crippen molar-refractivity contribution in [1.29, 1.82) is 0 Å². The largest absolute Gasteiger partial charge is 0.383 e. The fraction of sp³-hybridized carbons (Fsp3) is 0.0952. The van der Waals surface area contributed by atoms with Crippen LogP contribution >= 0.6 is 0 Å². The fourth-order valence-electron chi connectivity index (χ4n) is 6.93. The van der Waals surface area contributed by atoms with Gasteiger partial charge in [-0.25, -0.2) is 4.99 Å². The van der Waals surface area contributed by atoms with Gasteiger partial charge in [-0.2, -0.15) is 0 Å². The second kappa shape index (κ2) is 11.0. The minimum atomic E-state index is -0.0773. The van der Waals surface area contributed by atoms with Gasteiger partial charge >= 0.3 is 0 Å². The molecule has 7 aromatic rings. The van der Waals surface area contributed by atoms with Gasteiger partial charge in [0.25, 0.3) is 0 Å². The first-order valence-electron chi connectivity index (χ1n) is 15.8. The zero-order valence-corrected chi connectivity index (χ0v) is 26.0. The summed E-state index contributed by atoms with van der Waals surface area (Å²) in [5.41, 5.74) is 18.2. The number of nitrogens with zero attached hydrogens (tertiary/aromatic N) is 3. The Balaban J connectivity index is 1.25. The van der Waals surface area contributed by atoms with E-state index >= 15 is 0 Å². The first-order chi connectivity index (χ1) is 22.5. The zero-order valence-electron chi connectivity index (χ0n) is 26.0. The van der Waals surface area contributed by atoms with Crippen molar-refractivity contribution in [1.82, 2.24) is 4.57 Å². The number of nitrogens with two attached hydrogens (primary N) is 1. The maximum absolute atomic E-state index is 6.50. The van der Waals surface area contributed by atoms with E-state index in [1.165, 1.54) is 44.1 Å². The second-order valence-corrected chi connectivity index (χ2v) is 12.5. The molecular formula is C42H34N4. The van der Waals surface area contributed by atoms with E-state index in [0.717, 1.165) is 22.4 Å². The second-order valence-electron chi connectivity index (χ2n) is 12.5. The molecule has 4 nitrogen and oxygen atoms in total. The zero-order chi connectivity index (χ0) is 31.3. The SMILES string of the molecule is CC1(C)c2ccccc2-c2cc3c4ccccc4n(-c4ccc(C(N=C(N)c5ccccc5)=NCc5ccccc5)cc4)c3cc21. The Labute approximate surface area is 269 Å². The molecule has 0 saturated heterocycles. The van der Waals surface area contributed by atoms with Crippen LogP contribution in [0.2, 0.25) is 0 Å². The molecule has 0 unspecified atom stereocenters. The van der Waals surface area contributed by atoms with Crippen LogP contribution in [0.1, 0.15) is 41.7 Å². The third-order valence-electron chi connectivity index (χ3n) is 9.31. The average molecular weight is 595 g/mol. The van der Waals surface area contributed by atoms with Crippen LogP contribution in [0.25, 0.3) is 38.6 Å². The molecule has 0 aliphatic heterocycles. The van der Waals surface area contributed by atoms with E-state index in [0.29, 0.717) is 18.2 Å². The van der Waals surface area contributed by atoms with Crippen LogP contribution in [0.3, 0.4) is 0 Å². The molecule has 0 spiro atoms. The van der Waals surface area contributed by atoms with Crippen LogP contribution in [-0.4, -0.2) is 16.2 Å². The number of aliphatic imine (C=N–C) groups is 2. The van der Waals surface area contributed by atoms with Crippen LogP contribution in [-0.2, 0) is 12.0 Å². The maximum Gasteiger partial charge on any atom is 0.157 e. The quantitative estimate of drug-likeness (QED) is 0.157. The van der Waals surface area contributed by atoms with E-state index in [-0.39, 0.29) is 5.41 Å². The van der Waals surface area contributed by atoms with Gasteiger partial charge in [-0.3, -0.25) is 4.99 Å². The van der Waals surface area contributed by atoms with Crippen molar-refractivity contribution in [3.8, 4) is 16.8 Å². The first kappa shape index (κ1) is 27.8. The fourth-order valence-corrected chi connectivity index (χ4v) is 6.93. The van der Waals surface area contributed by atoms with Crippen LogP contribution in [0.4, 0.5) is 0 Å². The third-order valence-corrected chi connectivity index (χ3v) is 9.31. The Morgan fingerprint density at radius 2 is 1.28 bits per heavy atom. The van der Waals surface area contributed by atoms with Gasteiger partial charge in [0, 0.05) is 33.0 Å². The number of hydrogen-bond acceptors (Lipinski definition) is 1. The molecule has 46 heavy (non-hydrogen) atoms. The minimum absolute atomic E-state index is 0.0773. The van der Waals surface area contributed by atoms with Crippen molar-refractivity contribution in [3.05, 3.63) is 173 Å². The number of para-hydroxylation sites is 1. The third kappa shape index (κ3) is 4.62. The van der Waals surface area contributed by atoms with E-state index in [2.05, 4.69) is 115 Å². The van der Waals surface area contributed by atoms with Crippen molar-refractivity contribution < 1.29 is 0 Å². The molecule has 6 aromatic carbocycles. The molecule has 2 N–H and O–H groups in total. The van der Waals surface area contributed by atoms with Crippen molar-refractivity contribution in [2.45, 2.75) is 25.8 Å². The van der Waals surface area contributed by atoms with E-state index in [9.17, 15) is 0 Å². The number of amidine groups is 2. The highest BCUT2D eigenvalue weighted by Crippen LogP contribution is 2.50. The van der Waals surface area contributed by atoms with E-state index < -0.39 is 0 Å².